The average Bonchev–Trinajstić information content (AvgIpc) is 2.64. The molecule has 0 heterocycles. The predicted octanol–water partition coefficient (Wildman–Crippen LogP) is 3.98. The Kier molecular flexibility index (Phi) is 6.90. The van der Waals surface area contributed by atoms with Gasteiger partial charge < -0.3 is 10.1 Å². The van der Waals surface area contributed by atoms with Gasteiger partial charge in [0.05, 0.1) is 21.6 Å². The fourth-order valence-electron chi connectivity index (χ4n) is 2.45. The van der Waals surface area contributed by atoms with Crippen molar-refractivity contribution < 1.29 is 19.2 Å². The zero-order chi connectivity index (χ0) is 20.0. The molecule has 0 aromatic heterocycles. The van der Waals surface area contributed by atoms with Gasteiger partial charge in [-0.15, -0.1) is 0 Å². The number of nitro groups is 1. The normalized spacial score (nSPS) is 11.5. The van der Waals surface area contributed by atoms with E-state index >= 15 is 0 Å². The smallest absolute Gasteiger partial charge is 0.340 e. The Morgan fingerprint density at radius 2 is 1.89 bits per heavy atom. The molecule has 0 unspecified atom stereocenters. The van der Waals surface area contributed by atoms with Crippen molar-refractivity contribution in [2.75, 3.05) is 6.61 Å². The van der Waals surface area contributed by atoms with Crippen molar-refractivity contribution in [1.29, 1.82) is 0 Å². The van der Waals surface area contributed by atoms with E-state index in [9.17, 15) is 19.7 Å². The van der Waals surface area contributed by atoms with Gasteiger partial charge in [0.2, 0.25) is 0 Å². The van der Waals surface area contributed by atoms with E-state index in [2.05, 4.69) is 5.32 Å². The van der Waals surface area contributed by atoms with Crippen molar-refractivity contribution in [3.05, 3.63) is 74.3 Å². The molecule has 7 nitrogen and oxygen atoms in total. The molecule has 1 N–H and O–H groups in total. The van der Waals surface area contributed by atoms with Crippen LogP contribution in [0.5, 0.6) is 0 Å². The maximum atomic E-state index is 12.1. The van der Waals surface area contributed by atoms with E-state index in [0.717, 1.165) is 23.3 Å². The zero-order valence-corrected chi connectivity index (χ0v) is 15.7. The summed E-state index contributed by atoms with van der Waals surface area (Å²) in [6.45, 7) is 3.44. The summed E-state index contributed by atoms with van der Waals surface area (Å²) < 4.78 is 4.97. The number of nitro benzene ring substituents is 1. The van der Waals surface area contributed by atoms with E-state index in [4.69, 9.17) is 16.3 Å². The number of halogens is 1. The Morgan fingerprint density at radius 3 is 2.44 bits per heavy atom. The van der Waals surface area contributed by atoms with Gasteiger partial charge in [0, 0.05) is 12.1 Å². The molecule has 1 atom stereocenters. The minimum absolute atomic E-state index is 0.0411. The van der Waals surface area contributed by atoms with Gasteiger partial charge in [-0.1, -0.05) is 48.4 Å². The molecule has 0 aliphatic carbocycles. The number of hydrogen-bond donors (Lipinski definition) is 1. The first-order valence-corrected chi connectivity index (χ1v) is 8.66. The number of non-ortho nitro benzene ring substituents is 1. The van der Waals surface area contributed by atoms with Crippen LogP contribution in [0.15, 0.2) is 42.5 Å². The highest BCUT2D eigenvalue weighted by Gasteiger charge is 2.18. The van der Waals surface area contributed by atoms with Gasteiger partial charge in [-0.25, -0.2) is 4.79 Å². The molecule has 142 valence electrons. The summed E-state index contributed by atoms with van der Waals surface area (Å²) in [5.41, 5.74) is 1.80. The van der Waals surface area contributed by atoms with Gasteiger partial charge in [0.1, 0.15) is 0 Å². The predicted molar refractivity (Wildman–Crippen MR) is 101 cm³/mol. The summed E-state index contributed by atoms with van der Waals surface area (Å²) >= 11 is 5.88. The van der Waals surface area contributed by atoms with Crippen molar-refractivity contribution in [2.45, 2.75) is 26.3 Å². The zero-order valence-electron chi connectivity index (χ0n) is 14.9. The number of hydrogen-bond acceptors (Lipinski definition) is 5. The molecule has 0 aliphatic rings. The summed E-state index contributed by atoms with van der Waals surface area (Å²) in [6.07, 6.45) is 0.678. The third-order valence-electron chi connectivity index (χ3n) is 3.94. The Bertz CT molecular complexity index is 852. The van der Waals surface area contributed by atoms with Crippen LogP contribution in [-0.4, -0.2) is 23.4 Å². The molecule has 8 heteroatoms. The quantitative estimate of drug-likeness (QED) is 0.438. The van der Waals surface area contributed by atoms with Crippen LogP contribution in [0.3, 0.4) is 0 Å². The van der Waals surface area contributed by atoms with Crippen molar-refractivity contribution in [3.8, 4) is 0 Å². The topological polar surface area (TPSA) is 98.5 Å². The number of amides is 1. The molecule has 0 radical (unpaired) electrons. The third-order valence-corrected chi connectivity index (χ3v) is 4.25. The van der Waals surface area contributed by atoms with E-state index < -0.39 is 23.4 Å². The van der Waals surface area contributed by atoms with Crippen LogP contribution in [0.2, 0.25) is 5.02 Å². The number of nitrogens with zero attached hydrogens (tertiary/aromatic N) is 1. The van der Waals surface area contributed by atoms with Crippen molar-refractivity contribution in [2.24, 2.45) is 0 Å². The molecule has 0 spiro atoms. The Hall–Kier alpha value is -2.93. The van der Waals surface area contributed by atoms with Gasteiger partial charge in [0.25, 0.3) is 11.6 Å². The monoisotopic (exact) mass is 390 g/mol. The van der Waals surface area contributed by atoms with Crippen LogP contribution in [0.25, 0.3) is 0 Å². The minimum Gasteiger partial charge on any atom is -0.452 e. The van der Waals surface area contributed by atoms with Crippen LogP contribution < -0.4 is 5.32 Å². The van der Waals surface area contributed by atoms with E-state index in [1.807, 2.05) is 38.1 Å². The molecular formula is C19H19ClN2O5. The Balaban J connectivity index is 1.95. The summed E-state index contributed by atoms with van der Waals surface area (Å²) in [6, 6.07) is 11.0. The van der Waals surface area contributed by atoms with E-state index in [0.29, 0.717) is 6.42 Å². The summed E-state index contributed by atoms with van der Waals surface area (Å²) in [4.78, 5) is 34.2. The molecular weight excluding hydrogens is 372 g/mol. The lowest BCUT2D eigenvalue weighted by atomic mass is 10.0. The van der Waals surface area contributed by atoms with E-state index in [1.165, 1.54) is 6.07 Å². The van der Waals surface area contributed by atoms with Gasteiger partial charge in [-0.05, 0) is 25.0 Å². The summed E-state index contributed by atoms with van der Waals surface area (Å²) in [5.74, 6) is -1.28. The standard InChI is InChI=1S/C19H19ClN2O5/c1-3-17(13-6-4-12(2)5-7-13)21-18(23)11-27-19(24)15-9-8-14(22(25)26)10-16(15)20/h4-10,17H,3,11H2,1-2H3,(H,21,23)/t17-/m1/s1. The molecule has 0 saturated heterocycles. The second-order valence-electron chi connectivity index (χ2n) is 5.94. The fourth-order valence-corrected chi connectivity index (χ4v) is 2.70. The lowest BCUT2D eigenvalue weighted by Gasteiger charge is -2.17. The SMILES string of the molecule is CC[C@@H](NC(=O)COC(=O)c1ccc([N+](=O)[O-])cc1Cl)c1ccc(C)cc1. The highest BCUT2D eigenvalue weighted by molar-refractivity contribution is 6.33. The first-order chi connectivity index (χ1) is 12.8. The van der Waals surface area contributed by atoms with Crippen molar-refractivity contribution in [1.82, 2.24) is 5.32 Å². The molecule has 2 aromatic carbocycles. The number of aryl methyl sites for hydroxylation is 1. The van der Waals surface area contributed by atoms with Crippen LogP contribution in [0.1, 0.15) is 40.9 Å². The maximum Gasteiger partial charge on any atom is 0.340 e. The lowest BCUT2D eigenvalue weighted by molar-refractivity contribution is -0.384. The van der Waals surface area contributed by atoms with Gasteiger partial charge in [-0.3, -0.25) is 14.9 Å². The molecule has 0 aliphatic heterocycles. The first-order valence-electron chi connectivity index (χ1n) is 8.28. The number of carbonyl (C=O) groups excluding carboxylic acids is 2. The molecule has 0 fully saturated rings. The third kappa shape index (κ3) is 5.52. The van der Waals surface area contributed by atoms with Crippen molar-refractivity contribution >= 4 is 29.2 Å². The molecule has 2 aromatic rings. The molecule has 1 amide bonds. The Morgan fingerprint density at radius 1 is 1.22 bits per heavy atom. The Labute approximate surface area is 161 Å². The molecule has 2 rings (SSSR count). The number of carbonyl (C=O) groups is 2. The van der Waals surface area contributed by atoms with Crippen LogP contribution in [0.4, 0.5) is 5.69 Å². The summed E-state index contributed by atoms with van der Waals surface area (Å²) in [5, 5.41) is 13.4. The maximum absolute atomic E-state index is 12.1. The highest BCUT2D eigenvalue weighted by atomic mass is 35.5. The fraction of sp³-hybridized carbons (Fsp3) is 0.263. The first kappa shape index (κ1) is 20.4. The average molecular weight is 391 g/mol. The van der Waals surface area contributed by atoms with Gasteiger partial charge in [-0.2, -0.15) is 0 Å². The highest BCUT2D eigenvalue weighted by Crippen LogP contribution is 2.23. The van der Waals surface area contributed by atoms with Gasteiger partial charge >= 0.3 is 5.97 Å². The number of esters is 1. The van der Waals surface area contributed by atoms with Crippen LogP contribution in [-0.2, 0) is 9.53 Å². The van der Waals surface area contributed by atoms with Crippen molar-refractivity contribution in [3.63, 3.8) is 0 Å². The van der Waals surface area contributed by atoms with E-state index in [-0.39, 0.29) is 22.3 Å². The number of benzene rings is 2. The largest absolute Gasteiger partial charge is 0.452 e. The molecule has 0 saturated carbocycles. The van der Waals surface area contributed by atoms with E-state index in [1.54, 1.807) is 0 Å². The summed E-state index contributed by atoms with van der Waals surface area (Å²) in [7, 11) is 0. The molecule has 27 heavy (non-hydrogen) atoms. The minimum atomic E-state index is -0.826. The van der Waals surface area contributed by atoms with Crippen LogP contribution in [0, 0.1) is 17.0 Å². The molecule has 0 bridgehead atoms. The second-order valence-corrected chi connectivity index (χ2v) is 6.34. The van der Waals surface area contributed by atoms with Crippen LogP contribution >= 0.6 is 11.6 Å². The lowest BCUT2D eigenvalue weighted by Crippen LogP contribution is -2.32. The second kappa shape index (κ2) is 9.14. The number of rotatable bonds is 7. The van der Waals surface area contributed by atoms with Gasteiger partial charge in [0.15, 0.2) is 6.61 Å². The number of nitrogens with one attached hydrogen (secondary N) is 1. The number of ether oxygens (including phenoxy) is 1.